The van der Waals surface area contributed by atoms with Crippen LogP contribution in [0.3, 0.4) is 0 Å². The normalized spacial score (nSPS) is 11.9. The molecule has 0 N–H and O–H groups in total. The van der Waals surface area contributed by atoms with E-state index < -0.39 is 16.4 Å². The summed E-state index contributed by atoms with van der Waals surface area (Å²) in [6, 6.07) is 5.59. The predicted molar refractivity (Wildman–Crippen MR) is 90.6 cm³/mol. The highest BCUT2D eigenvalue weighted by Crippen LogP contribution is 2.22. The summed E-state index contributed by atoms with van der Waals surface area (Å²) in [6.45, 7) is 3.36. The Morgan fingerprint density at radius 1 is 1.20 bits per heavy atom. The molecule has 0 unspecified atom stereocenters. The Hall–Kier alpha value is -1.96. The highest BCUT2D eigenvalue weighted by atomic mass is 32.2. The van der Waals surface area contributed by atoms with Crippen molar-refractivity contribution in [3.05, 3.63) is 41.2 Å². The first kappa shape index (κ1) is 19.4. The van der Waals surface area contributed by atoms with E-state index in [1.54, 1.807) is 11.5 Å². The summed E-state index contributed by atoms with van der Waals surface area (Å²) in [5.41, 5.74) is 2.02. The van der Waals surface area contributed by atoms with Crippen molar-refractivity contribution < 1.29 is 21.9 Å². The van der Waals surface area contributed by atoms with Crippen molar-refractivity contribution in [2.24, 2.45) is 0 Å². The maximum atomic E-state index is 12.8. The van der Waals surface area contributed by atoms with Crippen molar-refractivity contribution in [1.29, 1.82) is 0 Å². The molecular weight excluding hydrogens is 350 g/mol. The minimum absolute atomic E-state index is 0.00715. The van der Waals surface area contributed by atoms with E-state index >= 15 is 0 Å². The molecule has 1 aromatic carbocycles. The van der Waals surface area contributed by atoms with Gasteiger partial charge in [-0.2, -0.15) is 8.78 Å². The fourth-order valence-electron chi connectivity index (χ4n) is 2.49. The lowest BCUT2D eigenvalue weighted by atomic mass is 10.2. The number of aryl methyl sites for hydroxylation is 1. The van der Waals surface area contributed by atoms with Crippen molar-refractivity contribution in [2.45, 2.75) is 57.7 Å². The van der Waals surface area contributed by atoms with E-state index in [1.807, 2.05) is 13.8 Å². The van der Waals surface area contributed by atoms with Gasteiger partial charge in [0.05, 0.1) is 11.4 Å². The summed E-state index contributed by atoms with van der Waals surface area (Å²) in [5, 5.41) is 0.0591. The number of ether oxygens (including phenoxy) is 1. The summed E-state index contributed by atoms with van der Waals surface area (Å²) < 4.78 is 55.9. The monoisotopic (exact) mass is 372 g/mol. The summed E-state index contributed by atoms with van der Waals surface area (Å²) in [7, 11) is -3.65. The number of alkyl halides is 2. The lowest BCUT2D eigenvalue weighted by Crippen LogP contribution is -2.14. The van der Waals surface area contributed by atoms with Gasteiger partial charge in [-0.3, -0.25) is 0 Å². The molecule has 0 saturated carbocycles. The van der Waals surface area contributed by atoms with E-state index in [9.17, 15) is 17.2 Å². The fraction of sp³-hybridized carbons (Fsp3) is 0.471. The summed E-state index contributed by atoms with van der Waals surface area (Å²) in [4.78, 5) is 4.24. The van der Waals surface area contributed by atoms with E-state index in [-0.39, 0.29) is 16.7 Å². The Bertz CT molecular complexity index is 815. The van der Waals surface area contributed by atoms with Crippen molar-refractivity contribution in [1.82, 2.24) is 9.55 Å². The lowest BCUT2D eigenvalue weighted by Gasteiger charge is -2.10. The van der Waals surface area contributed by atoms with Crippen LogP contribution in [0.5, 0.6) is 5.75 Å². The van der Waals surface area contributed by atoms with Crippen LogP contribution in [0.4, 0.5) is 8.78 Å². The number of sulfone groups is 1. The zero-order chi connectivity index (χ0) is 18.6. The van der Waals surface area contributed by atoms with Crippen molar-refractivity contribution >= 4 is 9.84 Å². The predicted octanol–water partition coefficient (Wildman–Crippen LogP) is 3.88. The summed E-state index contributed by atoms with van der Waals surface area (Å²) in [5.74, 6) is -0.253. The van der Waals surface area contributed by atoms with Gasteiger partial charge in [-0.25, -0.2) is 13.4 Å². The molecule has 0 aliphatic carbocycles. The topological polar surface area (TPSA) is 61.2 Å². The first-order valence-corrected chi connectivity index (χ1v) is 9.70. The Labute approximate surface area is 146 Å². The molecule has 0 spiro atoms. The number of aromatic nitrogens is 2. The smallest absolute Gasteiger partial charge is 0.387 e. The summed E-state index contributed by atoms with van der Waals surface area (Å²) >= 11 is 0. The second-order valence-corrected chi connectivity index (χ2v) is 7.74. The average Bonchev–Trinajstić information content (AvgIpc) is 2.83. The van der Waals surface area contributed by atoms with E-state index in [4.69, 9.17) is 0 Å². The molecule has 8 heteroatoms. The molecule has 2 aromatic rings. The Morgan fingerprint density at radius 3 is 2.40 bits per heavy atom. The minimum atomic E-state index is -3.65. The third-order valence-corrected chi connectivity index (χ3v) is 5.52. The number of hydrogen-bond donors (Lipinski definition) is 0. The van der Waals surface area contributed by atoms with Gasteiger partial charge in [-0.1, -0.05) is 25.5 Å². The standard InChI is InChI=1S/C17H22F2N2O3S/c1-4-5-10-21-13(3)12(2)20-17(21)25(22,23)11-14-6-8-15(9-7-14)24-16(18)19/h6-9,16H,4-5,10-11H2,1-3H3. The van der Waals surface area contributed by atoms with Crippen LogP contribution in [0, 0.1) is 13.8 Å². The molecule has 0 bridgehead atoms. The van der Waals surface area contributed by atoms with Gasteiger partial charge in [-0.05, 0) is 38.0 Å². The van der Waals surface area contributed by atoms with Gasteiger partial charge >= 0.3 is 6.61 Å². The molecule has 0 aliphatic rings. The van der Waals surface area contributed by atoms with E-state index in [0.717, 1.165) is 18.5 Å². The Kier molecular flexibility index (Phi) is 6.16. The van der Waals surface area contributed by atoms with Gasteiger partial charge in [0.25, 0.3) is 0 Å². The molecular formula is C17H22F2N2O3S. The molecule has 138 valence electrons. The zero-order valence-electron chi connectivity index (χ0n) is 14.5. The number of halogens is 2. The number of nitrogens with zero attached hydrogens (tertiary/aromatic N) is 2. The van der Waals surface area contributed by atoms with Crippen LogP contribution in [0.2, 0.25) is 0 Å². The molecule has 5 nitrogen and oxygen atoms in total. The van der Waals surface area contributed by atoms with Gasteiger partial charge in [0, 0.05) is 12.2 Å². The molecule has 0 saturated heterocycles. The van der Waals surface area contributed by atoms with Crippen LogP contribution >= 0.6 is 0 Å². The largest absolute Gasteiger partial charge is 0.435 e. The fourth-order valence-corrected chi connectivity index (χ4v) is 4.09. The molecule has 2 rings (SSSR count). The molecule has 1 aromatic heterocycles. The molecule has 0 aliphatic heterocycles. The highest BCUT2D eigenvalue weighted by Gasteiger charge is 2.24. The lowest BCUT2D eigenvalue weighted by molar-refractivity contribution is -0.0498. The Morgan fingerprint density at radius 2 is 1.84 bits per heavy atom. The van der Waals surface area contributed by atoms with E-state index in [1.165, 1.54) is 24.3 Å². The molecule has 0 atom stereocenters. The minimum Gasteiger partial charge on any atom is -0.435 e. The van der Waals surface area contributed by atoms with Gasteiger partial charge in [0.15, 0.2) is 0 Å². The van der Waals surface area contributed by atoms with Crippen LogP contribution in [-0.4, -0.2) is 24.6 Å². The van der Waals surface area contributed by atoms with Crippen molar-refractivity contribution in [3.63, 3.8) is 0 Å². The molecule has 0 radical (unpaired) electrons. The second-order valence-electron chi connectivity index (χ2n) is 5.85. The van der Waals surface area contributed by atoms with Crippen LogP contribution in [0.25, 0.3) is 0 Å². The number of benzene rings is 1. The third kappa shape index (κ3) is 4.78. The number of unbranched alkanes of at least 4 members (excludes halogenated alkanes) is 1. The van der Waals surface area contributed by atoms with Gasteiger partial charge in [0.1, 0.15) is 5.75 Å². The molecule has 1 heterocycles. The van der Waals surface area contributed by atoms with E-state index in [0.29, 0.717) is 17.8 Å². The second kappa shape index (κ2) is 7.95. The molecule has 0 fully saturated rings. The number of hydrogen-bond acceptors (Lipinski definition) is 4. The summed E-state index contributed by atoms with van der Waals surface area (Å²) in [6.07, 6.45) is 1.81. The average molecular weight is 372 g/mol. The quantitative estimate of drug-likeness (QED) is 0.706. The highest BCUT2D eigenvalue weighted by molar-refractivity contribution is 7.90. The number of imidazole rings is 1. The molecule has 25 heavy (non-hydrogen) atoms. The molecule has 0 amide bonds. The zero-order valence-corrected chi connectivity index (χ0v) is 15.3. The van der Waals surface area contributed by atoms with Crippen LogP contribution in [0.1, 0.15) is 36.7 Å². The SMILES string of the molecule is CCCCn1c(S(=O)(=O)Cc2ccc(OC(F)F)cc2)nc(C)c1C. The van der Waals surface area contributed by atoms with Gasteiger partial charge in [0.2, 0.25) is 15.0 Å². The van der Waals surface area contributed by atoms with Crippen molar-refractivity contribution in [3.8, 4) is 5.75 Å². The van der Waals surface area contributed by atoms with Crippen LogP contribution in [-0.2, 0) is 22.1 Å². The number of rotatable bonds is 8. The first-order chi connectivity index (χ1) is 11.7. The Balaban J connectivity index is 2.26. The van der Waals surface area contributed by atoms with Crippen LogP contribution in [0.15, 0.2) is 29.4 Å². The van der Waals surface area contributed by atoms with Gasteiger partial charge < -0.3 is 9.30 Å². The maximum Gasteiger partial charge on any atom is 0.387 e. The van der Waals surface area contributed by atoms with Crippen LogP contribution < -0.4 is 4.74 Å². The van der Waals surface area contributed by atoms with E-state index in [2.05, 4.69) is 9.72 Å². The van der Waals surface area contributed by atoms with Gasteiger partial charge in [-0.15, -0.1) is 0 Å². The third-order valence-electron chi connectivity index (χ3n) is 3.94. The maximum absolute atomic E-state index is 12.8. The van der Waals surface area contributed by atoms with Crippen molar-refractivity contribution in [2.75, 3.05) is 0 Å². The first-order valence-electron chi connectivity index (χ1n) is 8.05.